The molecule has 1 aromatic carbocycles. The summed E-state index contributed by atoms with van der Waals surface area (Å²) in [7, 11) is 4.05. The Labute approximate surface area is 137 Å². The van der Waals surface area contributed by atoms with Crippen LogP contribution in [0, 0.1) is 0 Å². The molecule has 0 aliphatic heterocycles. The number of nitrogens with one attached hydrogen (secondary N) is 1. The second-order valence-electron chi connectivity index (χ2n) is 4.87. The number of hydrogen-bond donors (Lipinski definition) is 1. The molecule has 0 bridgehead atoms. The molecule has 0 amide bonds. The first kappa shape index (κ1) is 14.7. The lowest BCUT2D eigenvalue weighted by molar-refractivity contribution is 1.13. The molecule has 0 atom stereocenters. The van der Waals surface area contributed by atoms with Crippen molar-refractivity contribution in [3.8, 4) is 10.6 Å². The van der Waals surface area contributed by atoms with Gasteiger partial charge < -0.3 is 4.90 Å². The first-order chi connectivity index (χ1) is 10.7. The molecule has 0 spiro atoms. The molecule has 3 aromatic rings. The standard InChI is InChI=1S/C16H16N4S2/c1-20(2)13-7-5-12(6-8-13)10-17-19-16-18-14(11-22-16)15-4-3-9-21-15/h3-11H,1-2H3,(H,18,19)/b17-10-. The zero-order valence-electron chi connectivity index (χ0n) is 12.4. The van der Waals surface area contributed by atoms with Crippen LogP contribution < -0.4 is 10.3 Å². The number of hydrazone groups is 1. The molecule has 3 rings (SSSR count). The maximum atomic E-state index is 4.52. The minimum atomic E-state index is 0.796. The van der Waals surface area contributed by atoms with Crippen LogP contribution in [0.2, 0.25) is 0 Å². The molecule has 0 radical (unpaired) electrons. The van der Waals surface area contributed by atoms with Gasteiger partial charge in [0.2, 0.25) is 5.13 Å². The molecule has 0 saturated heterocycles. The van der Waals surface area contributed by atoms with Crippen LogP contribution in [0.5, 0.6) is 0 Å². The van der Waals surface area contributed by atoms with Gasteiger partial charge in [-0.3, -0.25) is 5.43 Å². The Morgan fingerprint density at radius 3 is 2.64 bits per heavy atom. The second kappa shape index (κ2) is 6.72. The Morgan fingerprint density at radius 1 is 1.14 bits per heavy atom. The average Bonchev–Trinajstić information content (AvgIpc) is 3.19. The molecular weight excluding hydrogens is 312 g/mol. The molecule has 0 unspecified atom stereocenters. The Balaban J connectivity index is 1.62. The molecule has 4 nitrogen and oxygen atoms in total. The van der Waals surface area contributed by atoms with Gasteiger partial charge in [-0.15, -0.1) is 22.7 Å². The summed E-state index contributed by atoms with van der Waals surface area (Å²) in [6, 6.07) is 12.3. The number of nitrogens with zero attached hydrogens (tertiary/aromatic N) is 3. The Hall–Kier alpha value is -2.18. The summed E-state index contributed by atoms with van der Waals surface area (Å²) < 4.78 is 0. The number of thiazole rings is 1. The molecule has 2 aromatic heterocycles. The van der Waals surface area contributed by atoms with Crippen molar-refractivity contribution >= 4 is 39.7 Å². The van der Waals surface area contributed by atoms with Gasteiger partial charge in [0, 0.05) is 25.2 Å². The summed E-state index contributed by atoms with van der Waals surface area (Å²) in [5.41, 5.74) is 6.20. The summed E-state index contributed by atoms with van der Waals surface area (Å²) >= 11 is 3.24. The van der Waals surface area contributed by atoms with Crippen molar-refractivity contribution in [2.24, 2.45) is 5.10 Å². The van der Waals surface area contributed by atoms with Crippen molar-refractivity contribution < 1.29 is 0 Å². The third kappa shape index (κ3) is 3.52. The average molecular weight is 328 g/mol. The van der Waals surface area contributed by atoms with Gasteiger partial charge in [0.15, 0.2) is 0 Å². The molecule has 0 saturated carbocycles. The van der Waals surface area contributed by atoms with Crippen molar-refractivity contribution in [3.63, 3.8) is 0 Å². The van der Waals surface area contributed by atoms with Crippen LogP contribution in [0.1, 0.15) is 5.56 Å². The molecule has 0 aliphatic carbocycles. The van der Waals surface area contributed by atoms with E-state index in [1.54, 1.807) is 28.9 Å². The summed E-state index contributed by atoms with van der Waals surface area (Å²) in [6.45, 7) is 0. The van der Waals surface area contributed by atoms with Gasteiger partial charge >= 0.3 is 0 Å². The van der Waals surface area contributed by atoms with E-state index in [0.717, 1.165) is 16.4 Å². The van der Waals surface area contributed by atoms with Crippen molar-refractivity contribution in [3.05, 3.63) is 52.7 Å². The fourth-order valence-electron chi connectivity index (χ4n) is 1.88. The topological polar surface area (TPSA) is 40.5 Å². The zero-order chi connectivity index (χ0) is 15.4. The first-order valence-corrected chi connectivity index (χ1v) is 8.54. The fraction of sp³-hybridized carbons (Fsp3) is 0.125. The van der Waals surface area contributed by atoms with Crippen LogP contribution in [0.4, 0.5) is 10.8 Å². The molecule has 112 valence electrons. The van der Waals surface area contributed by atoms with Crippen LogP contribution in [0.25, 0.3) is 10.6 Å². The molecular formula is C16H16N4S2. The summed E-state index contributed by atoms with van der Waals surface area (Å²) in [4.78, 5) is 7.76. The first-order valence-electron chi connectivity index (χ1n) is 6.78. The second-order valence-corrected chi connectivity index (χ2v) is 6.68. The predicted octanol–water partition coefficient (Wildman–Crippen LogP) is 4.38. The summed E-state index contributed by atoms with van der Waals surface area (Å²) in [5.74, 6) is 0. The van der Waals surface area contributed by atoms with Crippen molar-refractivity contribution in [2.75, 3.05) is 24.4 Å². The van der Waals surface area contributed by atoms with Gasteiger partial charge in [-0.1, -0.05) is 18.2 Å². The molecule has 0 aliphatic rings. The predicted molar refractivity (Wildman–Crippen MR) is 97.4 cm³/mol. The van der Waals surface area contributed by atoms with Gasteiger partial charge in [0.1, 0.15) is 0 Å². The molecule has 6 heteroatoms. The Bertz CT molecular complexity index is 743. The zero-order valence-corrected chi connectivity index (χ0v) is 14.0. The molecule has 1 N–H and O–H groups in total. The minimum Gasteiger partial charge on any atom is -0.378 e. The Kier molecular flexibility index (Phi) is 4.50. The number of thiophene rings is 1. The Morgan fingerprint density at radius 2 is 1.95 bits per heavy atom. The lowest BCUT2D eigenvalue weighted by Crippen LogP contribution is -2.08. The number of hydrogen-bond acceptors (Lipinski definition) is 6. The van der Waals surface area contributed by atoms with E-state index in [2.05, 4.69) is 44.0 Å². The normalized spacial score (nSPS) is 11.0. The SMILES string of the molecule is CN(C)c1ccc(/C=N\Nc2nc(-c3cccs3)cs2)cc1. The van der Waals surface area contributed by atoms with Gasteiger partial charge in [0.05, 0.1) is 16.8 Å². The quantitative estimate of drug-likeness (QED) is 0.558. The number of benzene rings is 1. The van der Waals surface area contributed by atoms with Crippen LogP contribution in [-0.2, 0) is 0 Å². The van der Waals surface area contributed by atoms with Crippen molar-refractivity contribution in [1.82, 2.24) is 4.98 Å². The van der Waals surface area contributed by atoms with E-state index in [-0.39, 0.29) is 0 Å². The minimum absolute atomic E-state index is 0.796. The molecule has 22 heavy (non-hydrogen) atoms. The van der Waals surface area contributed by atoms with E-state index in [1.165, 1.54) is 10.6 Å². The van der Waals surface area contributed by atoms with Crippen LogP contribution in [0.3, 0.4) is 0 Å². The largest absolute Gasteiger partial charge is 0.378 e. The van der Waals surface area contributed by atoms with Crippen molar-refractivity contribution in [1.29, 1.82) is 0 Å². The maximum absolute atomic E-state index is 4.52. The smallest absolute Gasteiger partial charge is 0.203 e. The van der Waals surface area contributed by atoms with E-state index in [9.17, 15) is 0 Å². The van der Waals surface area contributed by atoms with Crippen LogP contribution in [-0.4, -0.2) is 25.3 Å². The maximum Gasteiger partial charge on any atom is 0.203 e. The van der Waals surface area contributed by atoms with E-state index in [0.29, 0.717) is 0 Å². The number of anilines is 2. The monoisotopic (exact) mass is 328 g/mol. The van der Waals surface area contributed by atoms with Gasteiger partial charge in [0.25, 0.3) is 0 Å². The molecule has 2 heterocycles. The highest BCUT2D eigenvalue weighted by Crippen LogP contribution is 2.28. The molecule has 0 fully saturated rings. The highest BCUT2D eigenvalue weighted by Gasteiger charge is 2.04. The van der Waals surface area contributed by atoms with Crippen LogP contribution >= 0.6 is 22.7 Å². The third-order valence-electron chi connectivity index (χ3n) is 3.06. The number of rotatable bonds is 5. The van der Waals surface area contributed by atoms with E-state index in [4.69, 9.17) is 0 Å². The summed E-state index contributed by atoms with van der Waals surface area (Å²) in [5, 5.41) is 9.13. The van der Waals surface area contributed by atoms with E-state index >= 15 is 0 Å². The van der Waals surface area contributed by atoms with Crippen molar-refractivity contribution in [2.45, 2.75) is 0 Å². The fourth-order valence-corrected chi connectivity index (χ4v) is 3.30. The highest BCUT2D eigenvalue weighted by molar-refractivity contribution is 7.15. The lowest BCUT2D eigenvalue weighted by Gasteiger charge is -2.11. The summed E-state index contributed by atoms with van der Waals surface area (Å²) in [6.07, 6.45) is 1.80. The third-order valence-corrected chi connectivity index (χ3v) is 4.70. The lowest BCUT2D eigenvalue weighted by atomic mass is 10.2. The highest BCUT2D eigenvalue weighted by atomic mass is 32.1. The van der Waals surface area contributed by atoms with Crippen LogP contribution in [0.15, 0.2) is 52.3 Å². The number of aromatic nitrogens is 1. The van der Waals surface area contributed by atoms with Gasteiger partial charge in [-0.25, -0.2) is 4.98 Å². The van der Waals surface area contributed by atoms with E-state index < -0.39 is 0 Å². The van der Waals surface area contributed by atoms with Gasteiger partial charge in [-0.05, 0) is 29.1 Å². The van der Waals surface area contributed by atoms with E-state index in [1.807, 2.05) is 37.7 Å². The van der Waals surface area contributed by atoms with Gasteiger partial charge in [-0.2, -0.15) is 5.10 Å².